The Balaban J connectivity index is 2.77. The van der Waals surface area contributed by atoms with Gasteiger partial charge in [-0.15, -0.1) is 11.6 Å². The molecule has 0 N–H and O–H groups in total. The third kappa shape index (κ3) is 3.57. The Morgan fingerprint density at radius 1 is 1.33 bits per heavy atom. The van der Waals surface area contributed by atoms with Gasteiger partial charge in [-0.3, -0.25) is 19.1 Å². The summed E-state index contributed by atoms with van der Waals surface area (Å²) in [6.45, 7) is 2.30. The third-order valence-corrected chi connectivity index (χ3v) is 4.03. The molecule has 0 aliphatic heterocycles. The quantitative estimate of drug-likeness (QED) is 0.553. The average Bonchev–Trinajstić information content (AvgIpc) is 2.60. The predicted molar refractivity (Wildman–Crippen MR) is 94.9 cm³/mol. The first-order chi connectivity index (χ1) is 11.6. The summed E-state index contributed by atoms with van der Waals surface area (Å²) in [4.78, 5) is 26.1. The number of hydrogen-bond acceptors (Lipinski definition) is 4. The van der Waals surface area contributed by atoms with Crippen LogP contribution in [0.4, 0.5) is 5.69 Å². The number of anilines is 1. The van der Waals surface area contributed by atoms with E-state index < -0.39 is 11.5 Å². The zero-order chi connectivity index (χ0) is 17.7. The lowest BCUT2D eigenvalue weighted by molar-refractivity contribution is -0.117. The standard InChI is InChI=1S/C16H18Cl2N2O4/c1-3-24-10-19-12-7-5-4-6-11(12)15(14(18)16(19)22)20(9-23-2)13(21)8-17/h4-7H,3,8-10H2,1-2H3. The molecule has 0 bridgehead atoms. The van der Waals surface area contributed by atoms with Crippen molar-refractivity contribution in [1.29, 1.82) is 0 Å². The van der Waals surface area contributed by atoms with E-state index in [2.05, 4.69) is 0 Å². The van der Waals surface area contributed by atoms with Gasteiger partial charge in [0.1, 0.15) is 24.4 Å². The molecule has 130 valence electrons. The fraction of sp³-hybridized carbons (Fsp3) is 0.375. The maximum Gasteiger partial charge on any atom is 0.273 e. The van der Waals surface area contributed by atoms with Crippen molar-refractivity contribution in [3.8, 4) is 0 Å². The number of fused-ring (bicyclic) bond motifs is 1. The first kappa shape index (κ1) is 18.7. The summed E-state index contributed by atoms with van der Waals surface area (Å²) in [7, 11) is 1.45. The van der Waals surface area contributed by atoms with Crippen LogP contribution >= 0.6 is 23.2 Å². The highest BCUT2D eigenvalue weighted by Crippen LogP contribution is 2.32. The number of ether oxygens (including phenoxy) is 2. The molecular weight excluding hydrogens is 355 g/mol. The summed E-state index contributed by atoms with van der Waals surface area (Å²) in [5.41, 5.74) is 0.457. The second kappa shape index (κ2) is 8.48. The highest BCUT2D eigenvalue weighted by atomic mass is 35.5. The molecule has 6 nitrogen and oxygen atoms in total. The van der Waals surface area contributed by atoms with Crippen LogP contribution in [-0.4, -0.2) is 36.8 Å². The summed E-state index contributed by atoms with van der Waals surface area (Å²) >= 11 is 12.0. The van der Waals surface area contributed by atoms with E-state index in [1.165, 1.54) is 16.6 Å². The van der Waals surface area contributed by atoms with Crippen molar-refractivity contribution in [2.45, 2.75) is 13.7 Å². The number of pyridine rings is 1. The van der Waals surface area contributed by atoms with Gasteiger partial charge in [-0.25, -0.2) is 0 Å². The summed E-state index contributed by atoms with van der Waals surface area (Å²) < 4.78 is 11.9. The second-order valence-corrected chi connectivity index (χ2v) is 5.55. The topological polar surface area (TPSA) is 60.8 Å². The number of rotatable bonds is 7. The Labute approximate surface area is 149 Å². The van der Waals surface area contributed by atoms with Crippen molar-refractivity contribution < 1.29 is 14.3 Å². The number of benzene rings is 1. The van der Waals surface area contributed by atoms with Crippen molar-refractivity contribution in [3.63, 3.8) is 0 Å². The van der Waals surface area contributed by atoms with Gasteiger partial charge >= 0.3 is 0 Å². The van der Waals surface area contributed by atoms with Crippen LogP contribution < -0.4 is 10.5 Å². The van der Waals surface area contributed by atoms with E-state index in [0.717, 1.165) is 0 Å². The Kier molecular flexibility index (Phi) is 6.62. The summed E-state index contributed by atoms with van der Waals surface area (Å²) in [6.07, 6.45) is 0. The highest BCUT2D eigenvalue weighted by Gasteiger charge is 2.24. The molecule has 0 atom stereocenters. The molecule has 8 heteroatoms. The Morgan fingerprint density at radius 2 is 2.04 bits per heavy atom. The zero-order valence-corrected chi connectivity index (χ0v) is 14.9. The number of hydrogen-bond donors (Lipinski definition) is 0. The zero-order valence-electron chi connectivity index (χ0n) is 13.4. The van der Waals surface area contributed by atoms with Crippen LogP contribution in [0.5, 0.6) is 0 Å². The van der Waals surface area contributed by atoms with Crippen LogP contribution in [0.3, 0.4) is 0 Å². The van der Waals surface area contributed by atoms with Gasteiger partial charge in [0.05, 0.1) is 11.2 Å². The molecule has 2 aromatic rings. The lowest BCUT2D eigenvalue weighted by Crippen LogP contribution is -2.36. The van der Waals surface area contributed by atoms with Crippen LogP contribution in [0.2, 0.25) is 5.02 Å². The molecule has 0 saturated heterocycles. The molecule has 1 aromatic heterocycles. The molecule has 0 aliphatic carbocycles. The smallest absolute Gasteiger partial charge is 0.273 e. The third-order valence-electron chi connectivity index (χ3n) is 3.46. The molecule has 0 aliphatic rings. The summed E-state index contributed by atoms with van der Waals surface area (Å²) in [5, 5.41) is 0.557. The van der Waals surface area contributed by atoms with Crippen molar-refractivity contribution >= 4 is 45.7 Å². The molecule has 0 fully saturated rings. The minimum atomic E-state index is -0.442. The van der Waals surface area contributed by atoms with E-state index in [1.807, 2.05) is 6.92 Å². The molecule has 0 radical (unpaired) electrons. The van der Waals surface area contributed by atoms with Crippen molar-refractivity contribution in [2.24, 2.45) is 0 Å². The number of methoxy groups -OCH3 is 1. The van der Waals surface area contributed by atoms with Crippen LogP contribution in [0.1, 0.15) is 6.92 Å². The van der Waals surface area contributed by atoms with Crippen LogP contribution in [0.15, 0.2) is 29.1 Å². The number of carbonyl (C=O) groups excluding carboxylic acids is 1. The second-order valence-electron chi connectivity index (χ2n) is 4.91. The molecule has 0 saturated carbocycles. The number of para-hydroxylation sites is 1. The lowest BCUT2D eigenvalue weighted by atomic mass is 10.1. The first-order valence-corrected chi connectivity index (χ1v) is 8.22. The van der Waals surface area contributed by atoms with Gasteiger partial charge in [-0.05, 0) is 13.0 Å². The molecular formula is C16H18Cl2N2O4. The first-order valence-electron chi connectivity index (χ1n) is 7.30. The average molecular weight is 373 g/mol. The maximum absolute atomic E-state index is 12.7. The normalized spacial score (nSPS) is 11.0. The van der Waals surface area contributed by atoms with E-state index in [0.29, 0.717) is 17.5 Å². The lowest BCUT2D eigenvalue weighted by Gasteiger charge is -2.24. The minimum absolute atomic E-state index is 0.0653. The van der Waals surface area contributed by atoms with E-state index >= 15 is 0 Å². The van der Waals surface area contributed by atoms with Gasteiger partial charge in [0.2, 0.25) is 5.91 Å². The van der Waals surface area contributed by atoms with Gasteiger partial charge in [-0.2, -0.15) is 0 Å². The molecule has 2 rings (SSSR count). The summed E-state index contributed by atoms with van der Waals surface area (Å²) in [5.74, 6) is -0.664. The van der Waals surface area contributed by atoms with E-state index in [4.69, 9.17) is 32.7 Å². The van der Waals surface area contributed by atoms with Crippen molar-refractivity contribution in [2.75, 3.05) is 31.2 Å². The molecule has 1 aromatic carbocycles. The monoisotopic (exact) mass is 372 g/mol. The summed E-state index contributed by atoms with van der Waals surface area (Å²) in [6, 6.07) is 7.15. The largest absolute Gasteiger partial charge is 0.364 e. The molecule has 0 unspecified atom stereocenters. The van der Waals surface area contributed by atoms with E-state index in [-0.39, 0.29) is 30.1 Å². The van der Waals surface area contributed by atoms with E-state index in [1.54, 1.807) is 24.3 Å². The highest BCUT2D eigenvalue weighted by molar-refractivity contribution is 6.36. The molecule has 0 spiro atoms. The van der Waals surface area contributed by atoms with E-state index in [9.17, 15) is 9.59 Å². The maximum atomic E-state index is 12.7. The molecule has 24 heavy (non-hydrogen) atoms. The minimum Gasteiger partial charge on any atom is -0.364 e. The van der Waals surface area contributed by atoms with Gasteiger partial charge in [0, 0.05) is 19.1 Å². The number of halogens is 2. The van der Waals surface area contributed by atoms with Gasteiger partial charge < -0.3 is 9.47 Å². The van der Waals surface area contributed by atoms with Gasteiger partial charge in [-0.1, -0.05) is 29.8 Å². The fourth-order valence-corrected chi connectivity index (χ4v) is 2.84. The van der Waals surface area contributed by atoms with Gasteiger partial charge in [0.15, 0.2) is 0 Å². The number of carbonyl (C=O) groups is 1. The van der Waals surface area contributed by atoms with Crippen LogP contribution in [-0.2, 0) is 21.0 Å². The molecule has 1 amide bonds. The Morgan fingerprint density at radius 3 is 2.67 bits per heavy atom. The van der Waals surface area contributed by atoms with Crippen LogP contribution in [0, 0.1) is 0 Å². The Bertz CT molecular complexity index is 791. The van der Waals surface area contributed by atoms with Crippen molar-refractivity contribution in [1.82, 2.24) is 4.57 Å². The Hall–Kier alpha value is -1.60. The molecule has 1 heterocycles. The number of amides is 1. The predicted octanol–water partition coefficient (Wildman–Crippen LogP) is 2.82. The number of nitrogens with zero attached hydrogens (tertiary/aromatic N) is 2. The van der Waals surface area contributed by atoms with Crippen molar-refractivity contribution in [3.05, 3.63) is 39.6 Å². The van der Waals surface area contributed by atoms with Crippen LogP contribution in [0.25, 0.3) is 10.9 Å². The SMILES string of the molecule is CCOCn1c(=O)c(Cl)c(N(COC)C(=O)CCl)c2ccccc21. The number of aromatic nitrogens is 1. The fourth-order valence-electron chi connectivity index (χ4n) is 2.39. The van der Waals surface area contributed by atoms with Gasteiger partial charge in [0.25, 0.3) is 5.56 Å². The number of alkyl halides is 1.